The number of hydrogen-bond acceptors (Lipinski definition) is 28. The monoisotopic (exact) mass is 1610 g/mol. The molecule has 0 radical (unpaired) electrons. The van der Waals surface area contributed by atoms with E-state index >= 15 is 0 Å². The fourth-order valence-electron chi connectivity index (χ4n) is 19.0. The standard InChI is InChI=1S/2C42H80N2O12/c1-15-19-43-23-42(50)29(8)53-32(22-40(42,10)51-14)55-34-27(6)36(56-38-33(45)30(44(12)13)20-26(5)52-38)39(9,48)21-24(3)17-18-25(4)35(46)41(11,49)31(16-2)54-37(47)28(34)7;1-15-19-43-23-42(50)29(8)53-32(22-40(42,10)51-14)54-34-27(6)36(56-38-33(46)30(44(12)13)20-26(5)52-38)39(9,48)21-24(3)17-18-25(4)35(55-37(47)28(34)7)41(11,49)31(45)16-2/h2*24-36,38,43,45-46,48-50H,15-23H2,1-14H3/t2*24-,25-,26+,27-,28+,29-,30-,31+,32-,33+,34-,35+,36+,38-,39+,40+,41+,42-/m00/s1. The minimum Gasteiger partial charge on any atom is -0.459 e. The maximum absolute atomic E-state index is 14.5. The lowest BCUT2D eigenvalue weighted by atomic mass is 9.75. The molecule has 6 aliphatic heterocycles. The van der Waals surface area contributed by atoms with Gasteiger partial charge in [0.25, 0.3) is 0 Å². The Kier molecular flexibility index (Phi) is 37.7. The molecular formula is C84H160N4O24. The lowest BCUT2D eigenvalue weighted by Gasteiger charge is -2.53. The van der Waals surface area contributed by atoms with E-state index in [1.807, 2.05) is 121 Å². The molecule has 6 aliphatic rings. The number of cyclic esters (lactones) is 2. The first-order valence-corrected chi connectivity index (χ1v) is 42.4. The normalized spacial score (nSPS) is 46.6. The molecule has 0 aromatic rings. The second-order valence-electron chi connectivity index (χ2n) is 37.1. The van der Waals surface area contributed by atoms with Gasteiger partial charge in [0.05, 0.1) is 84.1 Å². The Morgan fingerprint density at radius 1 is 0.545 bits per heavy atom. The van der Waals surface area contributed by atoms with Crippen LogP contribution in [0, 0.1) is 47.3 Å². The Labute approximate surface area is 672 Å². The van der Waals surface area contributed by atoms with E-state index in [1.54, 1.807) is 69.6 Å². The number of aliphatic hydroxyl groups excluding tert-OH is 4. The molecule has 28 nitrogen and oxygen atoms in total. The number of nitrogens with one attached hydrogen (secondary N) is 2. The van der Waals surface area contributed by atoms with Crippen molar-refractivity contribution in [3.05, 3.63) is 0 Å². The minimum absolute atomic E-state index is 0.0460. The molecule has 28 heteroatoms. The average molecular weight is 1610 g/mol. The maximum Gasteiger partial charge on any atom is 0.311 e. The van der Waals surface area contributed by atoms with Crippen LogP contribution in [-0.2, 0) is 66.4 Å². The molecule has 0 spiro atoms. The van der Waals surface area contributed by atoms with Gasteiger partial charge in [0.1, 0.15) is 58.0 Å². The smallest absolute Gasteiger partial charge is 0.311 e. The van der Waals surface area contributed by atoms with E-state index in [9.17, 15) is 60.7 Å². The van der Waals surface area contributed by atoms with Crippen LogP contribution < -0.4 is 10.6 Å². The Hall–Kier alpha value is -2.02. The van der Waals surface area contributed by atoms with Crippen LogP contribution in [0.25, 0.3) is 0 Å². The third-order valence-corrected chi connectivity index (χ3v) is 26.8. The zero-order valence-corrected chi connectivity index (χ0v) is 74.0. The Bertz CT molecular complexity index is 2810. The Balaban J connectivity index is 0.000000400. The fourth-order valence-corrected chi connectivity index (χ4v) is 19.0. The number of aliphatic hydroxyl groups is 10. The van der Waals surface area contributed by atoms with Crippen LogP contribution in [0.3, 0.4) is 0 Å². The second kappa shape index (κ2) is 42.0. The summed E-state index contributed by atoms with van der Waals surface area (Å²) in [6.45, 7) is 41.7. The van der Waals surface area contributed by atoms with Gasteiger partial charge in [-0.2, -0.15) is 0 Å². The number of carbonyl (C=O) groups excluding carboxylic acids is 2. The van der Waals surface area contributed by atoms with Crippen LogP contribution in [0.1, 0.15) is 242 Å². The highest BCUT2D eigenvalue weighted by Gasteiger charge is 2.61. The predicted molar refractivity (Wildman–Crippen MR) is 425 cm³/mol. The van der Waals surface area contributed by atoms with Gasteiger partial charge in [0.15, 0.2) is 25.2 Å². The maximum atomic E-state index is 14.5. The SMILES string of the molecule is CCCNC[C@]1(O)[C@H](C)O[C@@H](O[C@H]2[C@H](C)[C@@H](O[C@@H]3O[C@H](C)C[C@H](N(C)C)[C@H]3O)[C@](C)(O)C[C@@H](C)CC[C@H](C)[C@@H](O)[C@](C)(O)[C@@H](CC)OC(=O)[C@@H]2C)C[C@@]1(C)OC.CCCNC[C@]1(O)[C@H](C)O[C@@H](O[C@H]2[C@H](C)[C@@H](O[C@@H]3O[C@H](C)C[C@H](N(C)C)[C@H]3O)[C@](C)(O)C[C@@H](C)CC[C@H](C)[C@H]([C@](C)(O)[C@H](O)CC)OC(=O)[C@@H]2C)C[C@@]1(C)OC. The van der Waals surface area contributed by atoms with E-state index in [1.165, 1.54) is 13.8 Å². The second-order valence-corrected chi connectivity index (χ2v) is 37.1. The molecule has 0 amide bonds. The largest absolute Gasteiger partial charge is 0.459 e. The van der Waals surface area contributed by atoms with Gasteiger partial charge < -0.3 is 128 Å². The number of nitrogens with zero attached hydrogens (tertiary/aromatic N) is 2. The van der Waals surface area contributed by atoms with Crippen LogP contribution >= 0.6 is 0 Å². The van der Waals surface area contributed by atoms with Crippen LogP contribution in [-0.4, -0.2) is 309 Å². The van der Waals surface area contributed by atoms with Crippen molar-refractivity contribution < 1.29 is 117 Å². The summed E-state index contributed by atoms with van der Waals surface area (Å²) < 4.78 is 76.9. The number of hydrogen-bond donors (Lipinski definition) is 12. The number of carbonyl (C=O) groups is 2. The number of rotatable bonds is 24. The zero-order valence-electron chi connectivity index (χ0n) is 74.0. The van der Waals surface area contributed by atoms with Crippen LogP contribution in [0.2, 0.25) is 0 Å². The van der Waals surface area contributed by atoms with Gasteiger partial charge in [-0.3, -0.25) is 9.59 Å². The summed E-state index contributed by atoms with van der Waals surface area (Å²) in [6, 6.07) is -0.537. The molecule has 0 aromatic heterocycles. The third-order valence-electron chi connectivity index (χ3n) is 26.8. The molecule has 12 N–H and O–H groups in total. The lowest BCUT2D eigenvalue weighted by molar-refractivity contribution is -0.336. The van der Waals surface area contributed by atoms with Gasteiger partial charge in [0.2, 0.25) is 0 Å². The highest BCUT2D eigenvalue weighted by Crippen LogP contribution is 2.47. The molecule has 660 valence electrons. The van der Waals surface area contributed by atoms with Crippen molar-refractivity contribution in [2.24, 2.45) is 47.3 Å². The topological polar surface area (TPSA) is 378 Å². The van der Waals surface area contributed by atoms with Gasteiger partial charge in [-0.05, 0) is 212 Å². The number of methoxy groups -OCH3 is 2. The first-order valence-electron chi connectivity index (χ1n) is 42.4. The third kappa shape index (κ3) is 23.8. The number of esters is 2. The summed E-state index contributed by atoms with van der Waals surface area (Å²) in [6.07, 6.45) is -10.3. The zero-order chi connectivity index (χ0) is 85.1. The number of ether oxygens (including phenoxy) is 12. The predicted octanol–water partition coefficient (Wildman–Crippen LogP) is 6.73. The van der Waals surface area contributed by atoms with Gasteiger partial charge in [0, 0.05) is 64.1 Å². The summed E-state index contributed by atoms with van der Waals surface area (Å²) >= 11 is 0. The highest BCUT2D eigenvalue weighted by atomic mass is 16.7. The van der Waals surface area contributed by atoms with Gasteiger partial charge in [-0.15, -0.1) is 0 Å². The van der Waals surface area contributed by atoms with Crippen molar-refractivity contribution in [2.45, 2.75) is 410 Å². The van der Waals surface area contributed by atoms with Crippen molar-refractivity contribution in [3.8, 4) is 0 Å². The molecule has 0 unspecified atom stereocenters. The van der Waals surface area contributed by atoms with Gasteiger partial charge >= 0.3 is 11.9 Å². The molecule has 0 aromatic carbocycles. The molecule has 112 heavy (non-hydrogen) atoms. The molecule has 6 saturated heterocycles. The summed E-state index contributed by atoms with van der Waals surface area (Å²) in [5.74, 6) is -5.66. The van der Waals surface area contributed by atoms with E-state index in [0.29, 0.717) is 58.0 Å². The first-order chi connectivity index (χ1) is 51.8. The van der Waals surface area contributed by atoms with E-state index in [0.717, 1.165) is 12.8 Å². The molecule has 0 saturated carbocycles. The Morgan fingerprint density at radius 2 is 0.920 bits per heavy atom. The molecular weight excluding hydrogens is 1450 g/mol. The molecule has 6 heterocycles. The highest BCUT2D eigenvalue weighted by molar-refractivity contribution is 5.73. The molecule has 0 bridgehead atoms. The van der Waals surface area contributed by atoms with Crippen LogP contribution in [0.15, 0.2) is 0 Å². The van der Waals surface area contributed by atoms with Crippen LogP contribution in [0.5, 0.6) is 0 Å². The molecule has 6 rings (SSSR count). The first kappa shape index (κ1) is 101. The summed E-state index contributed by atoms with van der Waals surface area (Å²) in [5.41, 5.74) is -11.6. The molecule has 36 atom stereocenters. The summed E-state index contributed by atoms with van der Waals surface area (Å²) in [7, 11) is 10.7. The van der Waals surface area contributed by atoms with E-state index < -0.39 is 179 Å². The van der Waals surface area contributed by atoms with Crippen molar-refractivity contribution in [1.29, 1.82) is 0 Å². The quantitative estimate of drug-likeness (QED) is 0.0352. The van der Waals surface area contributed by atoms with Crippen molar-refractivity contribution in [1.82, 2.24) is 20.4 Å². The van der Waals surface area contributed by atoms with Crippen molar-refractivity contribution in [2.75, 3.05) is 68.6 Å². The van der Waals surface area contributed by atoms with E-state index in [4.69, 9.17) is 56.8 Å². The average Bonchev–Trinajstić information content (AvgIpc) is 0.774. The number of likely N-dealkylation sites (N-methyl/N-ethyl adjacent to an activating group) is 2. The van der Waals surface area contributed by atoms with Gasteiger partial charge in [-0.25, -0.2) is 0 Å². The fraction of sp³-hybridized carbons (Fsp3) is 0.976. The van der Waals surface area contributed by atoms with Gasteiger partial charge in [-0.1, -0.05) is 82.1 Å². The summed E-state index contributed by atoms with van der Waals surface area (Å²) in [5, 5.41) is 125. The minimum atomic E-state index is -1.75. The van der Waals surface area contributed by atoms with E-state index in [-0.39, 0.29) is 93.2 Å². The molecule has 6 fully saturated rings. The van der Waals surface area contributed by atoms with Crippen LogP contribution in [0.4, 0.5) is 0 Å². The summed E-state index contributed by atoms with van der Waals surface area (Å²) in [4.78, 5) is 32.7. The van der Waals surface area contributed by atoms with Crippen molar-refractivity contribution >= 4 is 11.9 Å². The lowest BCUT2D eigenvalue weighted by Crippen LogP contribution is -2.70. The van der Waals surface area contributed by atoms with Crippen molar-refractivity contribution in [3.63, 3.8) is 0 Å². The van der Waals surface area contributed by atoms with E-state index in [2.05, 4.69) is 10.6 Å². The Morgan fingerprint density at radius 3 is 1.27 bits per heavy atom. The molecule has 0 aliphatic carbocycles.